The summed E-state index contributed by atoms with van der Waals surface area (Å²) in [5.41, 5.74) is 8.99. The first-order valence-corrected chi connectivity index (χ1v) is 5.97. The monoisotopic (exact) mass is 241 g/mol. The van der Waals surface area contributed by atoms with Gasteiger partial charge < -0.3 is 14.8 Å². The van der Waals surface area contributed by atoms with E-state index in [1.807, 2.05) is 19.1 Å². The molecule has 2 heterocycles. The minimum atomic E-state index is 0.558. The van der Waals surface area contributed by atoms with Crippen LogP contribution in [-0.2, 0) is 13.1 Å². The van der Waals surface area contributed by atoms with E-state index in [-0.39, 0.29) is 0 Å². The zero-order valence-corrected chi connectivity index (χ0v) is 10.3. The number of rotatable bonds is 3. The molecular weight excluding hydrogens is 226 g/mol. The summed E-state index contributed by atoms with van der Waals surface area (Å²) in [5.74, 6) is 0.864. The van der Waals surface area contributed by atoms with Crippen LogP contribution in [0.25, 0.3) is 10.9 Å². The van der Waals surface area contributed by atoms with E-state index < -0.39 is 0 Å². The van der Waals surface area contributed by atoms with E-state index in [1.54, 1.807) is 0 Å². The molecule has 0 radical (unpaired) electrons. The van der Waals surface area contributed by atoms with Crippen LogP contribution in [0.2, 0.25) is 0 Å². The molecule has 2 aromatic heterocycles. The lowest BCUT2D eigenvalue weighted by Crippen LogP contribution is -1.99. The Hall–Kier alpha value is -2.07. The lowest BCUT2D eigenvalue weighted by Gasteiger charge is -2.04. The van der Waals surface area contributed by atoms with Crippen molar-refractivity contribution in [2.45, 2.75) is 20.0 Å². The van der Waals surface area contributed by atoms with Gasteiger partial charge in [-0.25, -0.2) is 0 Å². The smallest absolute Gasteiger partial charge is 0.156 e. The number of hydrogen-bond acceptors (Lipinski definition) is 3. The Morgan fingerprint density at radius 1 is 1.33 bits per heavy atom. The normalized spacial score (nSPS) is 11.2. The summed E-state index contributed by atoms with van der Waals surface area (Å²) in [6, 6.07) is 10.2. The van der Waals surface area contributed by atoms with Crippen LogP contribution in [0.15, 0.2) is 41.1 Å². The zero-order valence-electron chi connectivity index (χ0n) is 10.3. The molecule has 0 fully saturated rings. The van der Waals surface area contributed by atoms with E-state index in [2.05, 4.69) is 34.1 Å². The molecule has 0 unspecified atom stereocenters. The summed E-state index contributed by atoms with van der Waals surface area (Å²) in [4.78, 5) is 0. The van der Waals surface area contributed by atoms with E-state index in [4.69, 9.17) is 10.3 Å². The summed E-state index contributed by atoms with van der Waals surface area (Å²) >= 11 is 0. The Morgan fingerprint density at radius 3 is 2.94 bits per heavy atom. The van der Waals surface area contributed by atoms with Crippen LogP contribution in [0.3, 0.4) is 0 Å². The van der Waals surface area contributed by atoms with Crippen molar-refractivity contribution in [1.29, 1.82) is 0 Å². The molecule has 3 aromatic rings. The minimum Gasteiger partial charge on any atom is -0.359 e. The molecule has 0 atom stereocenters. The predicted molar refractivity (Wildman–Crippen MR) is 70.2 cm³/mol. The predicted octanol–water partition coefficient (Wildman–Crippen LogP) is 2.44. The van der Waals surface area contributed by atoms with Gasteiger partial charge in [-0.3, -0.25) is 0 Å². The maximum Gasteiger partial charge on any atom is 0.156 e. The molecule has 2 N–H and O–H groups in total. The van der Waals surface area contributed by atoms with Gasteiger partial charge >= 0.3 is 0 Å². The first-order chi connectivity index (χ1) is 8.78. The van der Waals surface area contributed by atoms with E-state index in [1.165, 1.54) is 16.5 Å². The molecular formula is C14H15N3O. The molecule has 0 aliphatic carbocycles. The van der Waals surface area contributed by atoms with Crippen LogP contribution in [0, 0.1) is 6.92 Å². The van der Waals surface area contributed by atoms with Gasteiger partial charge in [-0.05, 0) is 24.6 Å². The highest BCUT2D eigenvalue weighted by Crippen LogP contribution is 2.21. The largest absolute Gasteiger partial charge is 0.359 e. The first kappa shape index (κ1) is 11.0. The highest BCUT2D eigenvalue weighted by atomic mass is 16.5. The highest BCUT2D eigenvalue weighted by Gasteiger charge is 2.07. The molecule has 3 rings (SSSR count). The molecule has 4 nitrogen and oxygen atoms in total. The molecule has 92 valence electrons. The van der Waals surface area contributed by atoms with Crippen molar-refractivity contribution in [2.75, 3.05) is 0 Å². The van der Waals surface area contributed by atoms with Crippen LogP contribution in [0.5, 0.6) is 0 Å². The molecule has 0 amide bonds. The fourth-order valence-corrected chi connectivity index (χ4v) is 2.26. The molecule has 0 spiro atoms. The maximum absolute atomic E-state index is 5.74. The van der Waals surface area contributed by atoms with Gasteiger partial charge in [0.05, 0.1) is 12.2 Å². The van der Waals surface area contributed by atoms with Gasteiger partial charge in [0.15, 0.2) is 5.76 Å². The second-order valence-electron chi connectivity index (χ2n) is 4.43. The number of hydrogen-bond donors (Lipinski definition) is 1. The SMILES string of the molecule is Cc1cc(Cn2ccc3c(CN)cccc32)on1. The summed E-state index contributed by atoms with van der Waals surface area (Å²) < 4.78 is 7.39. The first-order valence-electron chi connectivity index (χ1n) is 5.97. The standard InChI is InChI=1S/C14H15N3O/c1-10-7-12(18-16-10)9-17-6-5-13-11(8-15)3-2-4-14(13)17/h2-7H,8-9,15H2,1H3. The van der Waals surface area contributed by atoms with Gasteiger partial charge in [0.2, 0.25) is 0 Å². The van der Waals surface area contributed by atoms with Gasteiger partial charge in [0.1, 0.15) is 0 Å². The minimum absolute atomic E-state index is 0.558. The average molecular weight is 241 g/mol. The Kier molecular flexibility index (Phi) is 2.64. The second-order valence-corrected chi connectivity index (χ2v) is 4.43. The molecule has 1 aromatic carbocycles. The van der Waals surface area contributed by atoms with E-state index >= 15 is 0 Å². The third kappa shape index (κ3) is 1.80. The summed E-state index contributed by atoms with van der Waals surface area (Å²) in [7, 11) is 0. The van der Waals surface area contributed by atoms with E-state index in [9.17, 15) is 0 Å². The quantitative estimate of drug-likeness (QED) is 0.766. The Balaban J connectivity index is 2.02. The van der Waals surface area contributed by atoms with Crippen LogP contribution >= 0.6 is 0 Å². The van der Waals surface area contributed by atoms with Gasteiger partial charge in [-0.15, -0.1) is 0 Å². The fraction of sp³-hybridized carbons (Fsp3) is 0.214. The summed E-state index contributed by atoms with van der Waals surface area (Å²) in [5, 5.41) is 5.11. The van der Waals surface area contributed by atoms with Crippen LogP contribution in [0.4, 0.5) is 0 Å². The van der Waals surface area contributed by atoms with Crippen molar-refractivity contribution in [1.82, 2.24) is 9.72 Å². The van der Waals surface area contributed by atoms with Gasteiger partial charge in [0.25, 0.3) is 0 Å². The second kappa shape index (κ2) is 4.31. The molecule has 0 aliphatic heterocycles. The molecule has 0 bridgehead atoms. The van der Waals surface area contributed by atoms with E-state index in [0.717, 1.165) is 11.5 Å². The number of nitrogens with zero attached hydrogens (tertiary/aromatic N) is 2. The van der Waals surface area contributed by atoms with Crippen molar-refractivity contribution < 1.29 is 4.52 Å². The lowest BCUT2D eigenvalue weighted by molar-refractivity contribution is 0.374. The Morgan fingerprint density at radius 2 is 2.22 bits per heavy atom. The zero-order chi connectivity index (χ0) is 12.5. The van der Waals surface area contributed by atoms with Gasteiger partial charge in [0, 0.05) is 29.7 Å². The van der Waals surface area contributed by atoms with Crippen molar-refractivity contribution in [3.8, 4) is 0 Å². The average Bonchev–Trinajstić information content (AvgIpc) is 2.97. The maximum atomic E-state index is 5.74. The third-order valence-corrected chi connectivity index (χ3v) is 3.13. The molecule has 0 aliphatic rings. The number of fused-ring (bicyclic) bond motifs is 1. The van der Waals surface area contributed by atoms with Crippen LogP contribution in [-0.4, -0.2) is 9.72 Å². The van der Waals surface area contributed by atoms with Gasteiger partial charge in [-0.1, -0.05) is 17.3 Å². The highest BCUT2D eigenvalue weighted by molar-refractivity contribution is 5.83. The number of aromatic nitrogens is 2. The van der Waals surface area contributed by atoms with Gasteiger partial charge in [-0.2, -0.15) is 0 Å². The van der Waals surface area contributed by atoms with Crippen molar-refractivity contribution in [3.05, 3.63) is 53.5 Å². The molecule has 0 saturated heterocycles. The number of aryl methyl sites for hydroxylation is 1. The van der Waals surface area contributed by atoms with Crippen LogP contribution < -0.4 is 5.73 Å². The van der Waals surface area contributed by atoms with E-state index in [0.29, 0.717) is 13.1 Å². The summed E-state index contributed by atoms with van der Waals surface area (Å²) in [6.07, 6.45) is 2.06. The van der Waals surface area contributed by atoms with Crippen molar-refractivity contribution >= 4 is 10.9 Å². The summed E-state index contributed by atoms with van der Waals surface area (Å²) in [6.45, 7) is 3.18. The topological polar surface area (TPSA) is 57.0 Å². The number of nitrogens with two attached hydrogens (primary N) is 1. The third-order valence-electron chi connectivity index (χ3n) is 3.13. The van der Waals surface area contributed by atoms with Crippen molar-refractivity contribution in [3.63, 3.8) is 0 Å². The van der Waals surface area contributed by atoms with Crippen LogP contribution in [0.1, 0.15) is 17.0 Å². The number of benzene rings is 1. The lowest BCUT2D eigenvalue weighted by atomic mass is 10.1. The fourth-order valence-electron chi connectivity index (χ4n) is 2.26. The Labute approximate surface area is 105 Å². The van der Waals surface area contributed by atoms with Crippen molar-refractivity contribution in [2.24, 2.45) is 5.73 Å². The molecule has 4 heteroatoms. The Bertz CT molecular complexity index is 681. The molecule has 18 heavy (non-hydrogen) atoms. The molecule has 0 saturated carbocycles.